The van der Waals surface area contributed by atoms with E-state index in [1.54, 1.807) is 13.8 Å². The number of methoxy groups -OCH3 is 1. The lowest BCUT2D eigenvalue weighted by atomic mass is 9.96. The van der Waals surface area contributed by atoms with Crippen molar-refractivity contribution in [1.29, 1.82) is 0 Å². The highest BCUT2D eigenvalue weighted by Gasteiger charge is 2.25. The Kier molecular flexibility index (Phi) is 3.79. The number of aryl methyl sites for hydroxylation is 3. The predicted molar refractivity (Wildman–Crippen MR) is 79.2 cm³/mol. The van der Waals surface area contributed by atoms with Crippen LogP contribution in [0.2, 0.25) is 0 Å². The molecule has 1 aliphatic rings. The molecule has 0 saturated heterocycles. The first-order valence-electron chi connectivity index (χ1n) is 7.28. The van der Waals surface area contributed by atoms with Gasteiger partial charge in [0.15, 0.2) is 5.69 Å². The van der Waals surface area contributed by atoms with E-state index in [2.05, 4.69) is 20.4 Å². The molecule has 0 fully saturated rings. The normalized spacial score (nSPS) is 13.6. The molecule has 3 rings (SSSR count). The Labute approximate surface area is 128 Å². The first-order chi connectivity index (χ1) is 10.6. The number of hydrogen-bond acceptors (Lipinski definition) is 6. The van der Waals surface area contributed by atoms with Crippen LogP contribution in [0, 0.1) is 13.8 Å². The molecule has 0 atom stereocenters. The van der Waals surface area contributed by atoms with Gasteiger partial charge < -0.3 is 14.6 Å². The number of rotatable bonds is 3. The van der Waals surface area contributed by atoms with E-state index in [0.29, 0.717) is 22.8 Å². The zero-order valence-electron chi connectivity index (χ0n) is 12.9. The molecule has 0 radical (unpaired) electrons. The number of anilines is 1. The summed E-state index contributed by atoms with van der Waals surface area (Å²) < 4.78 is 10.3. The van der Waals surface area contributed by atoms with Gasteiger partial charge in [0, 0.05) is 12.0 Å². The van der Waals surface area contributed by atoms with Crippen LogP contribution in [0.25, 0.3) is 0 Å². The predicted octanol–water partition coefficient (Wildman–Crippen LogP) is 2.22. The van der Waals surface area contributed by atoms with Gasteiger partial charge in [0.2, 0.25) is 0 Å². The topological polar surface area (TPSA) is 90.1 Å². The zero-order chi connectivity index (χ0) is 15.7. The van der Waals surface area contributed by atoms with E-state index in [1.807, 2.05) is 0 Å². The number of carbonyl (C=O) groups excluding carboxylic acids is 1. The summed E-state index contributed by atoms with van der Waals surface area (Å²) >= 11 is 0. The van der Waals surface area contributed by atoms with E-state index in [-0.39, 0.29) is 11.9 Å². The third kappa shape index (κ3) is 2.54. The highest BCUT2D eigenvalue weighted by Crippen LogP contribution is 2.26. The van der Waals surface area contributed by atoms with Crippen LogP contribution in [0.3, 0.4) is 0 Å². The second kappa shape index (κ2) is 5.75. The van der Waals surface area contributed by atoms with Crippen molar-refractivity contribution in [3.8, 4) is 6.01 Å². The molecule has 0 unspecified atom stereocenters. The number of fused-ring (bicyclic) bond motifs is 1. The van der Waals surface area contributed by atoms with Crippen molar-refractivity contribution in [2.24, 2.45) is 0 Å². The van der Waals surface area contributed by atoms with Crippen LogP contribution in [0.15, 0.2) is 4.52 Å². The minimum atomic E-state index is -0.285. The number of nitrogens with one attached hydrogen (secondary N) is 1. The Hall–Kier alpha value is -2.44. The summed E-state index contributed by atoms with van der Waals surface area (Å²) in [5.74, 6) is 0.544. The Balaban J connectivity index is 1.87. The fourth-order valence-corrected chi connectivity index (χ4v) is 2.69. The average molecular weight is 302 g/mol. The minimum absolute atomic E-state index is 0.284. The van der Waals surface area contributed by atoms with Crippen molar-refractivity contribution < 1.29 is 14.1 Å². The molecule has 0 aliphatic heterocycles. The monoisotopic (exact) mass is 302 g/mol. The SMILES string of the molecule is COc1nc(C)c(NC(=O)c2noc3c2CCCC3)c(C)n1. The fraction of sp³-hybridized carbons (Fsp3) is 0.467. The van der Waals surface area contributed by atoms with Gasteiger partial charge in [-0.2, -0.15) is 9.97 Å². The number of aromatic nitrogens is 3. The second-order valence-electron chi connectivity index (χ2n) is 5.35. The lowest BCUT2D eigenvalue weighted by molar-refractivity contribution is 0.101. The first kappa shape index (κ1) is 14.5. The van der Waals surface area contributed by atoms with Gasteiger partial charge in [-0.25, -0.2) is 0 Å². The van der Waals surface area contributed by atoms with E-state index in [9.17, 15) is 4.79 Å². The molecule has 7 nitrogen and oxygen atoms in total. The molecule has 2 aromatic rings. The molecule has 116 valence electrons. The summed E-state index contributed by atoms with van der Waals surface area (Å²) in [4.78, 5) is 20.9. The zero-order valence-corrected chi connectivity index (χ0v) is 12.9. The van der Waals surface area contributed by atoms with E-state index < -0.39 is 0 Å². The maximum Gasteiger partial charge on any atom is 0.316 e. The molecule has 2 heterocycles. The number of amides is 1. The molecule has 1 aliphatic carbocycles. The Morgan fingerprint density at radius 1 is 1.18 bits per heavy atom. The van der Waals surface area contributed by atoms with Gasteiger partial charge in [0.25, 0.3) is 5.91 Å². The van der Waals surface area contributed by atoms with Crippen LogP contribution < -0.4 is 10.1 Å². The van der Waals surface area contributed by atoms with Gasteiger partial charge in [-0.1, -0.05) is 5.16 Å². The van der Waals surface area contributed by atoms with E-state index in [1.165, 1.54) is 7.11 Å². The van der Waals surface area contributed by atoms with E-state index in [4.69, 9.17) is 9.26 Å². The summed E-state index contributed by atoms with van der Waals surface area (Å²) in [6.07, 6.45) is 3.81. The van der Waals surface area contributed by atoms with Crippen molar-refractivity contribution in [2.75, 3.05) is 12.4 Å². The molecule has 0 spiro atoms. The van der Waals surface area contributed by atoms with Crippen LogP contribution in [0.5, 0.6) is 6.01 Å². The third-order valence-electron chi connectivity index (χ3n) is 3.84. The van der Waals surface area contributed by atoms with Gasteiger partial charge in [-0.05, 0) is 33.1 Å². The smallest absolute Gasteiger partial charge is 0.316 e. The fourth-order valence-electron chi connectivity index (χ4n) is 2.69. The molecular weight excluding hydrogens is 284 g/mol. The van der Waals surface area contributed by atoms with Crippen molar-refractivity contribution in [1.82, 2.24) is 15.1 Å². The number of nitrogens with zero attached hydrogens (tertiary/aromatic N) is 3. The van der Waals surface area contributed by atoms with E-state index in [0.717, 1.165) is 37.0 Å². The van der Waals surface area contributed by atoms with Crippen LogP contribution in [0.1, 0.15) is 46.0 Å². The first-order valence-corrected chi connectivity index (χ1v) is 7.28. The summed E-state index contributed by atoms with van der Waals surface area (Å²) in [5, 5.41) is 6.77. The van der Waals surface area contributed by atoms with Crippen LogP contribution in [-0.2, 0) is 12.8 Å². The molecule has 0 aromatic carbocycles. The average Bonchev–Trinajstić information content (AvgIpc) is 2.94. The third-order valence-corrected chi connectivity index (χ3v) is 3.84. The molecule has 0 bridgehead atoms. The molecule has 2 aromatic heterocycles. The van der Waals surface area contributed by atoms with Crippen LogP contribution >= 0.6 is 0 Å². The van der Waals surface area contributed by atoms with Crippen molar-refractivity contribution in [2.45, 2.75) is 39.5 Å². The highest BCUT2D eigenvalue weighted by atomic mass is 16.5. The minimum Gasteiger partial charge on any atom is -0.467 e. The summed E-state index contributed by atoms with van der Waals surface area (Å²) in [6.45, 7) is 3.59. The molecule has 22 heavy (non-hydrogen) atoms. The standard InChI is InChI=1S/C15H18N4O3/c1-8-12(9(2)17-15(16-8)21-3)18-14(20)13-10-6-4-5-7-11(10)22-19-13/h4-7H2,1-3H3,(H,18,20). The van der Waals surface area contributed by atoms with Crippen molar-refractivity contribution in [3.63, 3.8) is 0 Å². The van der Waals surface area contributed by atoms with Crippen LogP contribution in [-0.4, -0.2) is 28.1 Å². The van der Waals surface area contributed by atoms with Gasteiger partial charge in [-0.3, -0.25) is 4.79 Å². The van der Waals surface area contributed by atoms with Gasteiger partial charge in [-0.15, -0.1) is 0 Å². The summed E-state index contributed by atoms with van der Waals surface area (Å²) in [5.41, 5.74) is 3.17. The molecule has 1 N–H and O–H groups in total. The second-order valence-corrected chi connectivity index (χ2v) is 5.35. The van der Waals surface area contributed by atoms with Gasteiger partial charge in [0.1, 0.15) is 5.76 Å². The maximum absolute atomic E-state index is 12.5. The number of hydrogen-bond donors (Lipinski definition) is 1. The summed E-state index contributed by atoms with van der Waals surface area (Å²) in [7, 11) is 1.51. The van der Waals surface area contributed by atoms with Crippen LogP contribution in [0.4, 0.5) is 5.69 Å². The number of carbonyl (C=O) groups is 1. The Morgan fingerprint density at radius 3 is 2.55 bits per heavy atom. The summed E-state index contributed by atoms with van der Waals surface area (Å²) in [6, 6.07) is 0.284. The Bertz CT molecular complexity index is 701. The highest BCUT2D eigenvalue weighted by molar-refractivity contribution is 6.04. The lowest BCUT2D eigenvalue weighted by Crippen LogP contribution is -2.18. The van der Waals surface area contributed by atoms with Gasteiger partial charge >= 0.3 is 6.01 Å². The molecule has 1 amide bonds. The largest absolute Gasteiger partial charge is 0.467 e. The number of ether oxygens (including phenoxy) is 1. The van der Waals surface area contributed by atoms with E-state index >= 15 is 0 Å². The van der Waals surface area contributed by atoms with Crippen molar-refractivity contribution in [3.05, 3.63) is 28.4 Å². The Morgan fingerprint density at radius 2 is 1.86 bits per heavy atom. The molecule has 7 heteroatoms. The van der Waals surface area contributed by atoms with Crippen molar-refractivity contribution >= 4 is 11.6 Å². The lowest BCUT2D eigenvalue weighted by Gasteiger charge is -2.12. The van der Waals surface area contributed by atoms with Gasteiger partial charge in [0.05, 0.1) is 24.2 Å². The molecule has 0 saturated carbocycles. The maximum atomic E-state index is 12.5. The molecular formula is C15H18N4O3. The quantitative estimate of drug-likeness (QED) is 0.935.